The Morgan fingerprint density at radius 3 is 2.61 bits per heavy atom. The largest absolute Gasteiger partial charge is 0.495 e. The van der Waals surface area contributed by atoms with Gasteiger partial charge in [-0.3, -0.25) is 9.78 Å². The molecule has 1 aliphatic heterocycles. The number of carbonyl (C=O) groups is 1. The molecule has 1 amide bonds. The first-order chi connectivity index (χ1) is 14.8. The number of thioether (sulfide) groups is 1. The standard InChI is InChI=1S/C21H18ClFN2O4S2/c1-29-19-5-3-14(11-17(19)22)31(27,28)20-15-10-13(23)2-4-18(15)24-12-16(20)21(26)25-6-8-30-9-7-25/h2-5,10-12H,6-9H2,1H3. The number of nitrogens with zero attached hydrogens (tertiary/aromatic N) is 2. The maximum absolute atomic E-state index is 14.1. The van der Waals surface area contributed by atoms with Crippen LogP contribution in [0.15, 0.2) is 52.4 Å². The third-order valence-corrected chi connectivity index (χ3v) is 8.10. The topological polar surface area (TPSA) is 76.6 Å². The van der Waals surface area contributed by atoms with Gasteiger partial charge in [0, 0.05) is 36.2 Å². The number of methoxy groups -OCH3 is 1. The monoisotopic (exact) mass is 480 g/mol. The zero-order valence-corrected chi connectivity index (χ0v) is 18.9. The molecule has 0 spiro atoms. The number of hydrogen-bond acceptors (Lipinski definition) is 6. The van der Waals surface area contributed by atoms with Gasteiger partial charge < -0.3 is 9.64 Å². The van der Waals surface area contributed by atoms with E-state index in [4.69, 9.17) is 16.3 Å². The van der Waals surface area contributed by atoms with E-state index in [-0.39, 0.29) is 31.3 Å². The van der Waals surface area contributed by atoms with Crippen LogP contribution < -0.4 is 4.74 Å². The number of pyridine rings is 1. The summed E-state index contributed by atoms with van der Waals surface area (Å²) in [6.07, 6.45) is 1.25. The SMILES string of the molecule is COc1ccc(S(=O)(=O)c2c(C(=O)N3CCSCC3)cnc3ccc(F)cc23)cc1Cl. The van der Waals surface area contributed by atoms with Crippen LogP contribution in [0.1, 0.15) is 10.4 Å². The minimum Gasteiger partial charge on any atom is -0.495 e. The number of fused-ring (bicyclic) bond motifs is 1. The van der Waals surface area contributed by atoms with E-state index in [0.717, 1.165) is 17.6 Å². The summed E-state index contributed by atoms with van der Waals surface area (Å²) >= 11 is 7.87. The smallest absolute Gasteiger partial charge is 0.256 e. The van der Waals surface area contributed by atoms with E-state index in [1.165, 1.54) is 43.6 Å². The van der Waals surface area contributed by atoms with Crippen LogP contribution in [0, 0.1) is 5.82 Å². The highest BCUT2D eigenvalue weighted by molar-refractivity contribution is 7.99. The van der Waals surface area contributed by atoms with Crippen molar-refractivity contribution >= 4 is 50.0 Å². The van der Waals surface area contributed by atoms with Gasteiger partial charge >= 0.3 is 0 Å². The van der Waals surface area contributed by atoms with Crippen molar-refractivity contribution in [3.05, 3.63) is 59.0 Å². The van der Waals surface area contributed by atoms with Crippen molar-refractivity contribution in [1.82, 2.24) is 9.88 Å². The van der Waals surface area contributed by atoms with Crippen LogP contribution >= 0.6 is 23.4 Å². The summed E-state index contributed by atoms with van der Waals surface area (Å²) in [7, 11) is -2.82. The summed E-state index contributed by atoms with van der Waals surface area (Å²) in [6.45, 7) is 0.997. The Labute approximate surface area is 188 Å². The summed E-state index contributed by atoms with van der Waals surface area (Å²) in [4.78, 5) is 18.7. The Morgan fingerprint density at radius 1 is 1.19 bits per heavy atom. The van der Waals surface area contributed by atoms with Gasteiger partial charge in [-0.2, -0.15) is 11.8 Å². The second-order valence-corrected chi connectivity index (χ2v) is 10.4. The van der Waals surface area contributed by atoms with Gasteiger partial charge in [-0.15, -0.1) is 0 Å². The third-order valence-electron chi connectivity index (χ3n) is 5.01. The Hall–Kier alpha value is -2.36. The number of aromatic nitrogens is 1. The lowest BCUT2D eigenvalue weighted by atomic mass is 10.1. The number of halogens is 2. The molecule has 1 aromatic heterocycles. The van der Waals surface area contributed by atoms with Gasteiger partial charge in [0.15, 0.2) is 0 Å². The highest BCUT2D eigenvalue weighted by atomic mass is 35.5. The van der Waals surface area contributed by atoms with Gasteiger partial charge in [0.05, 0.1) is 33.0 Å². The average Bonchev–Trinajstić information content (AvgIpc) is 2.78. The molecule has 3 aromatic rings. The van der Waals surface area contributed by atoms with Gasteiger partial charge in [-0.1, -0.05) is 11.6 Å². The number of carbonyl (C=O) groups excluding carboxylic acids is 1. The maximum atomic E-state index is 14.1. The molecular formula is C21H18ClFN2O4S2. The van der Waals surface area contributed by atoms with Crippen LogP contribution in [0.3, 0.4) is 0 Å². The van der Waals surface area contributed by atoms with E-state index in [1.54, 1.807) is 16.7 Å². The minimum atomic E-state index is -4.24. The van der Waals surface area contributed by atoms with Gasteiger partial charge in [-0.25, -0.2) is 12.8 Å². The lowest BCUT2D eigenvalue weighted by Crippen LogP contribution is -2.38. The molecular weight excluding hydrogens is 463 g/mol. The second-order valence-electron chi connectivity index (χ2n) is 6.87. The van der Waals surface area contributed by atoms with Crippen molar-refractivity contribution in [1.29, 1.82) is 0 Å². The molecule has 0 saturated carbocycles. The van der Waals surface area contributed by atoms with Gasteiger partial charge in [0.25, 0.3) is 5.91 Å². The fourth-order valence-electron chi connectivity index (χ4n) is 3.45. The first-order valence-electron chi connectivity index (χ1n) is 9.37. The number of benzene rings is 2. The molecule has 4 rings (SSSR count). The number of sulfone groups is 1. The van der Waals surface area contributed by atoms with Crippen molar-refractivity contribution in [2.45, 2.75) is 9.79 Å². The second kappa shape index (κ2) is 8.64. The number of hydrogen-bond donors (Lipinski definition) is 0. The highest BCUT2D eigenvalue weighted by Crippen LogP contribution is 2.35. The van der Waals surface area contributed by atoms with E-state index in [1.807, 2.05) is 0 Å². The molecule has 0 N–H and O–H groups in total. The molecule has 31 heavy (non-hydrogen) atoms. The lowest BCUT2D eigenvalue weighted by Gasteiger charge is -2.27. The molecule has 1 aliphatic rings. The van der Waals surface area contributed by atoms with Crippen LogP contribution in [0.4, 0.5) is 4.39 Å². The fourth-order valence-corrected chi connectivity index (χ4v) is 6.32. The number of amides is 1. The molecule has 10 heteroatoms. The lowest BCUT2D eigenvalue weighted by molar-refractivity contribution is 0.0768. The maximum Gasteiger partial charge on any atom is 0.256 e. The zero-order chi connectivity index (χ0) is 22.2. The van der Waals surface area contributed by atoms with Crippen molar-refractivity contribution in [2.24, 2.45) is 0 Å². The number of ether oxygens (including phenoxy) is 1. The average molecular weight is 481 g/mol. The van der Waals surface area contributed by atoms with Crippen LogP contribution in [0.2, 0.25) is 5.02 Å². The molecule has 2 aromatic carbocycles. The minimum absolute atomic E-state index is 0.0455. The third kappa shape index (κ3) is 4.09. The first-order valence-corrected chi connectivity index (χ1v) is 12.4. The normalized spacial score (nSPS) is 14.6. The van der Waals surface area contributed by atoms with Gasteiger partial charge in [-0.05, 0) is 36.4 Å². The van der Waals surface area contributed by atoms with E-state index in [9.17, 15) is 17.6 Å². The van der Waals surface area contributed by atoms with Crippen LogP contribution in [-0.2, 0) is 9.84 Å². The van der Waals surface area contributed by atoms with Crippen molar-refractivity contribution < 1.29 is 22.3 Å². The van der Waals surface area contributed by atoms with E-state index < -0.39 is 21.6 Å². The molecule has 0 atom stereocenters. The predicted octanol–water partition coefficient (Wildman–Crippen LogP) is 4.06. The van der Waals surface area contributed by atoms with Gasteiger partial charge in [0.2, 0.25) is 9.84 Å². The molecule has 0 bridgehead atoms. The summed E-state index contributed by atoms with van der Waals surface area (Å²) in [5, 5.41) is 0.151. The Balaban J connectivity index is 1.96. The molecule has 0 aliphatic carbocycles. The number of rotatable bonds is 4. The van der Waals surface area contributed by atoms with E-state index in [0.29, 0.717) is 18.8 Å². The molecule has 0 radical (unpaired) electrons. The zero-order valence-electron chi connectivity index (χ0n) is 16.5. The molecule has 1 fully saturated rings. The highest BCUT2D eigenvalue weighted by Gasteiger charge is 2.31. The molecule has 6 nitrogen and oxygen atoms in total. The van der Waals surface area contributed by atoms with Gasteiger partial charge in [0.1, 0.15) is 11.6 Å². The van der Waals surface area contributed by atoms with E-state index >= 15 is 0 Å². The summed E-state index contributed by atoms with van der Waals surface area (Å²) in [5.41, 5.74) is 0.183. The Morgan fingerprint density at radius 2 is 1.94 bits per heavy atom. The first kappa shape index (κ1) is 21.9. The van der Waals surface area contributed by atoms with Crippen molar-refractivity contribution in [2.75, 3.05) is 31.7 Å². The molecule has 2 heterocycles. The molecule has 162 valence electrons. The fraction of sp³-hybridized carbons (Fsp3) is 0.238. The summed E-state index contributed by atoms with van der Waals surface area (Å²) < 4.78 is 46.6. The summed E-state index contributed by atoms with van der Waals surface area (Å²) in [6, 6.07) is 7.70. The predicted molar refractivity (Wildman–Crippen MR) is 118 cm³/mol. The Bertz CT molecular complexity index is 1280. The molecule has 0 unspecified atom stereocenters. The van der Waals surface area contributed by atoms with Crippen LogP contribution in [-0.4, -0.2) is 55.9 Å². The summed E-state index contributed by atoms with van der Waals surface area (Å²) in [5.74, 6) is 0.762. The molecule has 1 saturated heterocycles. The van der Waals surface area contributed by atoms with Crippen molar-refractivity contribution in [3.63, 3.8) is 0 Å². The van der Waals surface area contributed by atoms with Crippen LogP contribution in [0.5, 0.6) is 5.75 Å². The van der Waals surface area contributed by atoms with Crippen LogP contribution in [0.25, 0.3) is 10.9 Å². The Kier molecular flexibility index (Phi) is 6.09. The quantitative estimate of drug-likeness (QED) is 0.560. The van der Waals surface area contributed by atoms with Crippen molar-refractivity contribution in [3.8, 4) is 5.75 Å². The van der Waals surface area contributed by atoms with E-state index in [2.05, 4.69) is 4.98 Å².